The van der Waals surface area contributed by atoms with E-state index in [2.05, 4.69) is 32.8 Å². The van der Waals surface area contributed by atoms with Gasteiger partial charge in [0.25, 0.3) is 0 Å². The van der Waals surface area contributed by atoms with Crippen LogP contribution in [0.2, 0.25) is 6.32 Å². The highest BCUT2D eigenvalue weighted by molar-refractivity contribution is 7.97. The second-order valence-corrected chi connectivity index (χ2v) is 9.23. The Morgan fingerprint density at radius 3 is 2.73 bits per heavy atom. The fourth-order valence-electron chi connectivity index (χ4n) is 5.21. The largest absolute Gasteiger partial charge is 0.457 e. The Kier molecular flexibility index (Phi) is 5.83. The van der Waals surface area contributed by atoms with Crippen LogP contribution in [0.5, 0.6) is 0 Å². The van der Waals surface area contributed by atoms with Gasteiger partial charge in [-0.15, -0.1) is 0 Å². The maximum Gasteiger partial charge on any atom is 0.457 e. The van der Waals surface area contributed by atoms with E-state index in [-0.39, 0.29) is 18.8 Å². The van der Waals surface area contributed by atoms with Crippen molar-refractivity contribution in [2.24, 2.45) is 22.4 Å². The van der Waals surface area contributed by atoms with Crippen LogP contribution in [-0.2, 0) is 9.31 Å². The molecule has 0 radical (unpaired) electrons. The normalized spacial score (nSPS) is 35.2. The molecule has 146 valence electrons. The summed E-state index contributed by atoms with van der Waals surface area (Å²) in [7, 11) is -0.0727. The Labute approximate surface area is 163 Å². The standard InChI is InChI=1S/C17H28BN3O2S.C2H6/c1-11(21-8-6-15(20-21)24-19)5-7-18-22-14-10-12-9-13(16(12,2)3)17(14,4)23-18;1-2/h6,8,11-14H,5,7,9-10,19H2,1-4H3;1-2H3/t11?,12?,13?,14-,17+;/m1./s1. The molecule has 4 aliphatic rings. The molecule has 5 nitrogen and oxygen atoms in total. The summed E-state index contributed by atoms with van der Waals surface area (Å²) in [6, 6.07) is 2.27. The van der Waals surface area contributed by atoms with Crippen LogP contribution in [-0.4, -0.2) is 28.6 Å². The van der Waals surface area contributed by atoms with Crippen molar-refractivity contribution in [1.29, 1.82) is 0 Å². The zero-order chi connectivity index (χ0) is 19.1. The average molecular weight is 379 g/mol. The molecule has 2 N–H and O–H groups in total. The van der Waals surface area contributed by atoms with Crippen molar-refractivity contribution in [2.45, 2.75) is 89.9 Å². The van der Waals surface area contributed by atoms with Crippen molar-refractivity contribution in [2.75, 3.05) is 0 Å². The Morgan fingerprint density at radius 1 is 1.38 bits per heavy atom. The summed E-state index contributed by atoms with van der Waals surface area (Å²) in [4.78, 5) is 0. The van der Waals surface area contributed by atoms with Gasteiger partial charge in [-0.25, -0.2) is 0 Å². The van der Waals surface area contributed by atoms with Crippen LogP contribution in [0.25, 0.3) is 0 Å². The molecule has 0 aromatic carbocycles. The van der Waals surface area contributed by atoms with Crippen molar-refractivity contribution in [3.05, 3.63) is 12.3 Å². The van der Waals surface area contributed by atoms with E-state index in [4.69, 9.17) is 14.4 Å². The number of aromatic nitrogens is 2. The number of rotatable bonds is 5. The predicted octanol–water partition coefficient (Wildman–Crippen LogP) is 4.55. The lowest BCUT2D eigenvalue weighted by molar-refractivity contribution is -0.199. The minimum Gasteiger partial charge on any atom is -0.405 e. The van der Waals surface area contributed by atoms with E-state index >= 15 is 0 Å². The van der Waals surface area contributed by atoms with E-state index in [0.717, 1.165) is 30.1 Å². The van der Waals surface area contributed by atoms with E-state index in [9.17, 15) is 0 Å². The van der Waals surface area contributed by atoms with Crippen LogP contribution in [0.1, 0.15) is 66.8 Å². The highest BCUT2D eigenvalue weighted by Gasteiger charge is 2.67. The maximum absolute atomic E-state index is 6.48. The van der Waals surface area contributed by atoms with Crippen LogP contribution in [0, 0.1) is 17.3 Å². The Morgan fingerprint density at radius 2 is 2.12 bits per heavy atom. The monoisotopic (exact) mass is 379 g/mol. The first-order valence-electron chi connectivity index (χ1n) is 10.1. The van der Waals surface area contributed by atoms with Crippen LogP contribution in [0.4, 0.5) is 0 Å². The van der Waals surface area contributed by atoms with Crippen molar-refractivity contribution in [3.8, 4) is 0 Å². The van der Waals surface area contributed by atoms with Crippen LogP contribution in [0.3, 0.4) is 0 Å². The number of hydrogen-bond donors (Lipinski definition) is 1. The van der Waals surface area contributed by atoms with Crippen molar-refractivity contribution < 1.29 is 9.31 Å². The second kappa shape index (κ2) is 7.49. The van der Waals surface area contributed by atoms with Gasteiger partial charge in [-0.1, -0.05) is 27.7 Å². The molecule has 5 rings (SSSR count). The third-order valence-electron chi connectivity index (χ3n) is 6.98. The zero-order valence-corrected chi connectivity index (χ0v) is 17.9. The minimum atomic E-state index is -0.0960. The van der Waals surface area contributed by atoms with Crippen molar-refractivity contribution in [1.82, 2.24) is 9.78 Å². The molecule has 5 atom stereocenters. The van der Waals surface area contributed by atoms with Gasteiger partial charge in [-0.05, 0) is 74.7 Å². The molecular weight excluding hydrogens is 345 g/mol. The lowest BCUT2D eigenvalue weighted by Gasteiger charge is -2.64. The third kappa shape index (κ3) is 3.25. The molecule has 7 heteroatoms. The van der Waals surface area contributed by atoms with Gasteiger partial charge in [-0.3, -0.25) is 9.82 Å². The quantitative estimate of drug-likeness (QED) is 0.601. The van der Waals surface area contributed by atoms with Gasteiger partial charge in [0.15, 0.2) is 0 Å². The molecule has 26 heavy (non-hydrogen) atoms. The summed E-state index contributed by atoms with van der Waals surface area (Å²) in [5, 5.41) is 10.9. The predicted molar refractivity (Wildman–Crippen MR) is 108 cm³/mol. The number of nitrogens with two attached hydrogens (primary N) is 1. The molecule has 0 spiro atoms. The van der Waals surface area contributed by atoms with Gasteiger partial charge in [0, 0.05) is 12.2 Å². The molecule has 1 saturated heterocycles. The molecule has 1 aromatic heterocycles. The Hall–Kier alpha value is -0.495. The number of nitrogens with zero attached hydrogens (tertiary/aromatic N) is 2. The summed E-state index contributed by atoms with van der Waals surface area (Å²) >= 11 is 1.19. The van der Waals surface area contributed by atoms with Gasteiger partial charge in [0.1, 0.15) is 5.03 Å². The molecule has 4 fully saturated rings. The van der Waals surface area contributed by atoms with Crippen LogP contribution >= 0.6 is 11.9 Å². The summed E-state index contributed by atoms with van der Waals surface area (Å²) in [5.41, 5.74) is 0.309. The van der Waals surface area contributed by atoms with Crippen LogP contribution in [0.15, 0.2) is 17.3 Å². The Balaban J connectivity index is 0.000000948. The highest BCUT2D eigenvalue weighted by Crippen LogP contribution is 2.65. The molecule has 0 amide bonds. The van der Waals surface area contributed by atoms with Gasteiger partial charge >= 0.3 is 7.12 Å². The molecule has 1 aliphatic heterocycles. The van der Waals surface area contributed by atoms with Gasteiger partial charge < -0.3 is 9.31 Å². The first-order chi connectivity index (χ1) is 12.3. The first kappa shape index (κ1) is 20.2. The van der Waals surface area contributed by atoms with E-state index in [1.165, 1.54) is 18.4 Å². The molecule has 2 bridgehead atoms. The smallest absolute Gasteiger partial charge is 0.405 e. The summed E-state index contributed by atoms with van der Waals surface area (Å²) in [6.07, 6.45) is 6.63. The minimum absolute atomic E-state index is 0.0727. The Bertz CT molecular complexity index is 626. The van der Waals surface area contributed by atoms with Crippen LogP contribution < -0.4 is 5.14 Å². The molecular formula is C19H34BN3O2S. The average Bonchev–Trinajstić information content (AvgIpc) is 3.24. The molecule has 2 heterocycles. The lowest BCUT2D eigenvalue weighted by atomic mass is 9.43. The fraction of sp³-hybridized carbons (Fsp3) is 0.842. The van der Waals surface area contributed by atoms with Gasteiger partial charge in [0.05, 0.1) is 11.7 Å². The molecule has 3 unspecified atom stereocenters. The van der Waals surface area contributed by atoms with Crippen molar-refractivity contribution >= 4 is 19.1 Å². The fourth-order valence-corrected chi connectivity index (χ4v) is 5.49. The lowest BCUT2D eigenvalue weighted by Crippen LogP contribution is -2.65. The zero-order valence-electron chi connectivity index (χ0n) is 17.1. The summed E-state index contributed by atoms with van der Waals surface area (Å²) in [5.74, 6) is 1.43. The summed E-state index contributed by atoms with van der Waals surface area (Å²) < 4.78 is 14.8. The topological polar surface area (TPSA) is 62.3 Å². The third-order valence-corrected chi connectivity index (χ3v) is 7.44. The highest BCUT2D eigenvalue weighted by atomic mass is 32.2. The molecule has 3 aliphatic carbocycles. The first-order valence-corrected chi connectivity index (χ1v) is 11.0. The SMILES string of the molecule is CC.CC(CCB1O[C@@H]2CC3CC(C3(C)C)[C@]2(C)O1)n1ccc(SN)n1. The number of hydrogen-bond acceptors (Lipinski definition) is 5. The maximum atomic E-state index is 6.48. The van der Waals surface area contributed by atoms with E-state index < -0.39 is 0 Å². The molecule has 1 aromatic rings. The van der Waals surface area contributed by atoms with Gasteiger partial charge in [-0.2, -0.15) is 5.10 Å². The summed E-state index contributed by atoms with van der Waals surface area (Å²) in [6.45, 7) is 13.3. The van der Waals surface area contributed by atoms with Crippen molar-refractivity contribution in [3.63, 3.8) is 0 Å². The second-order valence-electron chi connectivity index (χ2n) is 8.58. The van der Waals surface area contributed by atoms with E-state index in [0.29, 0.717) is 17.4 Å². The van der Waals surface area contributed by atoms with E-state index in [1.807, 2.05) is 30.8 Å². The molecule has 3 saturated carbocycles. The van der Waals surface area contributed by atoms with E-state index in [1.54, 1.807) is 0 Å². The van der Waals surface area contributed by atoms with Gasteiger partial charge in [0.2, 0.25) is 0 Å².